The lowest BCUT2D eigenvalue weighted by Crippen LogP contribution is -2.07. The first-order chi connectivity index (χ1) is 10.2. The summed E-state index contributed by atoms with van der Waals surface area (Å²) in [5.74, 6) is 0.0587. The summed E-state index contributed by atoms with van der Waals surface area (Å²) in [6.07, 6.45) is 4.63. The fourth-order valence-electron chi connectivity index (χ4n) is 1.38. The molecule has 7 heteroatoms. The summed E-state index contributed by atoms with van der Waals surface area (Å²) in [5, 5.41) is 10.8. The Labute approximate surface area is 129 Å². The van der Waals surface area contributed by atoms with Gasteiger partial charge in [-0.2, -0.15) is 0 Å². The van der Waals surface area contributed by atoms with E-state index in [2.05, 4.69) is 22.1 Å². The first kappa shape index (κ1) is 15.4. The van der Waals surface area contributed by atoms with Crippen molar-refractivity contribution in [2.75, 3.05) is 11.1 Å². The molecular formula is C14H12FN3OS2. The van der Waals surface area contributed by atoms with Crippen LogP contribution in [0.2, 0.25) is 0 Å². The van der Waals surface area contributed by atoms with E-state index in [0.29, 0.717) is 10.7 Å². The molecule has 0 bridgehead atoms. The zero-order valence-corrected chi connectivity index (χ0v) is 12.6. The molecule has 0 fully saturated rings. The Morgan fingerprint density at radius 2 is 2.33 bits per heavy atom. The molecule has 0 unspecified atom stereocenters. The Kier molecular flexibility index (Phi) is 5.65. The largest absolute Gasteiger partial charge is 0.297 e. The molecule has 2 rings (SSSR count). The molecule has 0 aliphatic heterocycles. The number of aromatic nitrogens is 2. The minimum absolute atomic E-state index is 0.337. The number of hydrogen-bond acceptors (Lipinski definition) is 5. The molecule has 0 saturated heterocycles. The van der Waals surface area contributed by atoms with Gasteiger partial charge in [-0.1, -0.05) is 41.3 Å². The van der Waals surface area contributed by atoms with Crippen LogP contribution >= 0.6 is 23.1 Å². The first-order valence-electron chi connectivity index (χ1n) is 5.99. The quantitative estimate of drug-likeness (QED) is 0.382. The minimum Gasteiger partial charge on any atom is -0.297 e. The Morgan fingerprint density at radius 1 is 1.48 bits per heavy atom. The number of carbonyl (C=O) groups is 1. The summed E-state index contributed by atoms with van der Waals surface area (Å²) in [6.45, 7) is 3.62. The third-order valence-corrected chi connectivity index (χ3v) is 4.20. The number of nitrogens with one attached hydrogen (secondary N) is 1. The number of thioether (sulfide) groups is 1. The molecule has 0 aliphatic rings. The summed E-state index contributed by atoms with van der Waals surface area (Å²) < 4.78 is 13.7. The zero-order chi connectivity index (χ0) is 15.1. The molecular weight excluding hydrogens is 309 g/mol. The molecule has 4 nitrogen and oxygen atoms in total. The third kappa shape index (κ3) is 5.13. The van der Waals surface area contributed by atoms with Crippen molar-refractivity contribution in [2.24, 2.45) is 0 Å². The van der Waals surface area contributed by atoms with Gasteiger partial charge in [-0.3, -0.25) is 10.1 Å². The van der Waals surface area contributed by atoms with Gasteiger partial charge in [0.15, 0.2) is 4.34 Å². The predicted octanol–water partition coefficient (Wildman–Crippen LogP) is 3.61. The number of hydrogen-bond donors (Lipinski definition) is 1. The van der Waals surface area contributed by atoms with Gasteiger partial charge in [-0.25, -0.2) is 4.39 Å². The number of halogens is 1. The van der Waals surface area contributed by atoms with Crippen LogP contribution in [0.15, 0.2) is 47.3 Å². The molecule has 0 aliphatic carbocycles. The second-order valence-corrected chi connectivity index (χ2v) is 6.10. The van der Waals surface area contributed by atoms with E-state index in [4.69, 9.17) is 0 Å². The second kappa shape index (κ2) is 7.70. The molecule has 1 aromatic heterocycles. The number of rotatable bonds is 6. The van der Waals surface area contributed by atoms with Crippen LogP contribution in [0, 0.1) is 5.82 Å². The van der Waals surface area contributed by atoms with Crippen molar-refractivity contribution in [1.29, 1.82) is 0 Å². The highest BCUT2D eigenvalue weighted by Crippen LogP contribution is 2.25. The van der Waals surface area contributed by atoms with Crippen LogP contribution in [0.25, 0.3) is 6.08 Å². The topological polar surface area (TPSA) is 54.9 Å². The molecule has 1 aromatic carbocycles. The number of benzene rings is 1. The van der Waals surface area contributed by atoms with Crippen LogP contribution in [0.3, 0.4) is 0 Å². The van der Waals surface area contributed by atoms with Crippen molar-refractivity contribution in [3.63, 3.8) is 0 Å². The first-order valence-corrected chi connectivity index (χ1v) is 7.79. The van der Waals surface area contributed by atoms with Gasteiger partial charge >= 0.3 is 0 Å². The lowest BCUT2D eigenvalue weighted by atomic mass is 10.2. The summed E-state index contributed by atoms with van der Waals surface area (Å²) >= 11 is 2.79. The van der Waals surface area contributed by atoms with Gasteiger partial charge in [0.2, 0.25) is 11.0 Å². The summed E-state index contributed by atoms with van der Waals surface area (Å²) in [5.41, 5.74) is 0.615. The Bertz CT molecular complexity index is 670. The summed E-state index contributed by atoms with van der Waals surface area (Å²) in [4.78, 5) is 11.7. The molecule has 1 heterocycles. The van der Waals surface area contributed by atoms with Crippen molar-refractivity contribution in [1.82, 2.24) is 10.2 Å². The molecule has 0 spiro atoms. The maximum Gasteiger partial charge on any atom is 0.250 e. The highest BCUT2D eigenvalue weighted by Gasteiger charge is 2.06. The van der Waals surface area contributed by atoms with Crippen molar-refractivity contribution in [3.05, 3.63) is 54.4 Å². The van der Waals surface area contributed by atoms with Crippen LogP contribution in [0.4, 0.5) is 9.52 Å². The minimum atomic E-state index is -0.342. The van der Waals surface area contributed by atoms with Crippen LogP contribution in [-0.2, 0) is 4.79 Å². The number of anilines is 1. The van der Waals surface area contributed by atoms with Gasteiger partial charge in [0, 0.05) is 11.8 Å². The van der Waals surface area contributed by atoms with Gasteiger partial charge in [0.1, 0.15) is 5.82 Å². The molecule has 2 aromatic rings. The average Bonchev–Trinajstić information content (AvgIpc) is 2.90. The number of carbonyl (C=O) groups excluding carboxylic acids is 1. The second-order valence-electron chi connectivity index (χ2n) is 3.85. The van der Waals surface area contributed by atoms with Gasteiger partial charge in [0.05, 0.1) is 0 Å². The van der Waals surface area contributed by atoms with E-state index in [1.165, 1.54) is 47.4 Å². The van der Waals surface area contributed by atoms with Gasteiger partial charge in [0.25, 0.3) is 0 Å². The summed E-state index contributed by atoms with van der Waals surface area (Å²) in [6, 6.07) is 5.99. The van der Waals surface area contributed by atoms with Crippen molar-refractivity contribution in [2.45, 2.75) is 4.34 Å². The number of amides is 1. The van der Waals surface area contributed by atoms with Crippen molar-refractivity contribution >= 4 is 40.2 Å². The smallest absolute Gasteiger partial charge is 0.250 e. The van der Waals surface area contributed by atoms with E-state index in [1.54, 1.807) is 18.2 Å². The van der Waals surface area contributed by atoms with Gasteiger partial charge in [-0.15, -0.1) is 16.8 Å². The van der Waals surface area contributed by atoms with E-state index >= 15 is 0 Å². The maximum absolute atomic E-state index is 13.0. The standard InChI is InChI=1S/C14H12FN3OS2/c1-2-8-20-14-18-17-13(21-14)16-12(19)7-6-10-4-3-5-11(15)9-10/h2-7,9H,1,8H2,(H,16,17,19). The van der Waals surface area contributed by atoms with E-state index in [-0.39, 0.29) is 11.7 Å². The van der Waals surface area contributed by atoms with Gasteiger partial charge < -0.3 is 0 Å². The SMILES string of the molecule is C=CCSc1nnc(NC(=O)C=Cc2cccc(F)c2)s1. The molecule has 0 atom stereocenters. The molecule has 1 amide bonds. The Morgan fingerprint density at radius 3 is 3.10 bits per heavy atom. The van der Waals surface area contributed by atoms with E-state index in [9.17, 15) is 9.18 Å². The number of nitrogens with zero attached hydrogens (tertiary/aromatic N) is 2. The molecule has 1 N–H and O–H groups in total. The van der Waals surface area contributed by atoms with Gasteiger partial charge in [-0.05, 0) is 23.8 Å². The van der Waals surface area contributed by atoms with Crippen molar-refractivity contribution in [3.8, 4) is 0 Å². The van der Waals surface area contributed by atoms with Crippen molar-refractivity contribution < 1.29 is 9.18 Å². The lowest BCUT2D eigenvalue weighted by Gasteiger charge is -1.95. The fraction of sp³-hybridized carbons (Fsp3) is 0.0714. The Hall–Kier alpha value is -1.99. The van der Waals surface area contributed by atoms with Crippen LogP contribution in [-0.4, -0.2) is 21.9 Å². The summed E-state index contributed by atoms with van der Waals surface area (Å²) in [7, 11) is 0. The molecule has 0 saturated carbocycles. The normalized spacial score (nSPS) is 10.7. The highest BCUT2D eigenvalue weighted by molar-refractivity contribution is 8.01. The van der Waals surface area contributed by atoms with Crippen LogP contribution in [0.5, 0.6) is 0 Å². The van der Waals surface area contributed by atoms with E-state index < -0.39 is 0 Å². The molecule has 0 radical (unpaired) electrons. The van der Waals surface area contributed by atoms with Crippen LogP contribution < -0.4 is 5.32 Å². The lowest BCUT2D eigenvalue weighted by molar-refractivity contribution is -0.111. The van der Waals surface area contributed by atoms with Crippen LogP contribution in [0.1, 0.15) is 5.56 Å². The monoisotopic (exact) mass is 321 g/mol. The molecule has 21 heavy (non-hydrogen) atoms. The predicted molar refractivity (Wildman–Crippen MR) is 84.9 cm³/mol. The van der Waals surface area contributed by atoms with E-state index in [1.807, 2.05) is 0 Å². The zero-order valence-electron chi connectivity index (χ0n) is 11.0. The molecule has 108 valence electrons. The maximum atomic E-state index is 13.0. The average molecular weight is 321 g/mol. The Balaban J connectivity index is 1.92. The third-order valence-electron chi connectivity index (χ3n) is 2.24. The van der Waals surface area contributed by atoms with E-state index in [0.717, 1.165) is 10.1 Å². The highest BCUT2D eigenvalue weighted by atomic mass is 32.2. The fourth-order valence-corrected chi connectivity index (χ4v) is 2.89.